The van der Waals surface area contributed by atoms with E-state index in [0.717, 1.165) is 5.56 Å². The van der Waals surface area contributed by atoms with Crippen molar-refractivity contribution in [1.29, 1.82) is 0 Å². The van der Waals surface area contributed by atoms with Gasteiger partial charge >= 0.3 is 5.97 Å². The predicted molar refractivity (Wildman–Crippen MR) is 106 cm³/mol. The lowest BCUT2D eigenvalue weighted by atomic mass is 9.98. The molecule has 4 unspecified atom stereocenters. The zero-order valence-corrected chi connectivity index (χ0v) is 16.0. The molecule has 162 valence electrons. The highest BCUT2D eigenvalue weighted by molar-refractivity contribution is 6.05. The van der Waals surface area contributed by atoms with Crippen molar-refractivity contribution in [3.8, 4) is 0 Å². The van der Waals surface area contributed by atoms with Gasteiger partial charge in [-0.2, -0.15) is 0 Å². The molecule has 0 fully saturated rings. The quantitative estimate of drug-likeness (QED) is 0.261. The van der Waals surface area contributed by atoms with Gasteiger partial charge in [-0.05, 0) is 29.7 Å². The first-order chi connectivity index (χ1) is 14.2. The van der Waals surface area contributed by atoms with E-state index in [1.54, 1.807) is 6.07 Å². The third-order valence-corrected chi connectivity index (χ3v) is 4.61. The Morgan fingerprint density at radius 2 is 1.47 bits per heavy atom. The Balaban J connectivity index is 2.12. The average molecular weight is 419 g/mol. The highest BCUT2D eigenvalue weighted by atomic mass is 16.4. The van der Waals surface area contributed by atoms with E-state index in [4.69, 9.17) is 5.11 Å². The van der Waals surface area contributed by atoms with Crippen molar-refractivity contribution in [2.24, 2.45) is 0 Å². The number of aliphatic hydroxyl groups is 5. The number of aliphatic hydroxyl groups excluding tert-OH is 5. The van der Waals surface area contributed by atoms with E-state index >= 15 is 0 Å². The molecule has 4 atom stereocenters. The zero-order valence-electron chi connectivity index (χ0n) is 16.0. The van der Waals surface area contributed by atoms with E-state index in [0.29, 0.717) is 12.0 Å². The highest BCUT2D eigenvalue weighted by Crippen LogP contribution is 2.16. The number of aromatic carboxylic acids is 1. The lowest BCUT2D eigenvalue weighted by molar-refractivity contribution is -0.113. The SMILES string of the molecule is O=C(O)c1ccc(Cc2ccccc2)cc1C(=O)NCC(O)C(O)C(O)C(O)CO. The maximum absolute atomic E-state index is 12.5. The van der Waals surface area contributed by atoms with Crippen LogP contribution in [0.15, 0.2) is 48.5 Å². The molecule has 1 amide bonds. The zero-order chi connectivity index (χ0) is 22.3. The molecule has 0 saturated heterocycles. The normalized spacial score (nSPS) is 15.1. The second-order valence-corrected chi connectivity index (χ2v) is 6.86. The van der Waals surface area contributed by atoms with E-state index in [-0.39, 0.29) is 11.1 Å². The molecule has 0 aliphatic carbocycles. The largest absolute Gasteiger partial charge is 0.478 e. The van der Waals surface area contributed by atoms with Crippen molar-refractivity contribution in [1.82, 2.24) is 5.32 Å². The maximum Gasteiger partial charge on any atom is 0.336 e. The van der Waals surface area contributed by atoms with Crippen LogP contribution >= 0.6 is 0 Å². The van der Waals surface area contributed by atoms with Crippen LogP contribution in [0.2, 0.25) is 0 Å². The van der Waals surface area contributed by atoms with Gasteiger partial charge in [0.05, 0.1) is 23.8 Å². The fraction of sp³-hybridized carbons (Fsp3) is 0.333. The summed E-state index contributed by atoms with van der Waals surface area (Å²) in [6.07, 6.45) is -6.51. The van der Waals surface area contributed by atoms with E-state index in [2.05, 4.69) is 5.32 Å². The second kappa shape index (κ2) is 10.8. The third kappa shape index (κ3) is 6.09. The molecule has 0 saturated carbocycles. The van der Waals surface area contributed by atoms with Gasteiger partial charge in [0.25, 0.3) is 5.91 Å². The first-order valence-corrected chi connectivity index (χ1v) is 9.26. The fourth-order valence-corrected chi connectivity index (χ4v) is 2.88. The molecule has 30 heavy (non-hydrogen) atoms. The van der Waals surface area contributed by atoms with Crippen LogP contribution in [0, 0.1) is 0 Å². The Hall–Kier alpha value is -2.82. The van der Waals surface area contributed by atoms with Crippen molar-refractivity contribution >= 4 is 11.9 Å². The van der Waals surface area contributed by atoms with Gasteiger partial charge in [-0.1, -0.05) is 36.4 Å². The van der Waals surface area contributed by atoms with Gasteiger partial charge in [0, 0.05) is 6.54 Å². The average Bonchev–Trinajstić information content (AvgIpc) is 2.76. The molecule has 0 aromatic heterocycles. The lowest BCUT2D eigenvalue weighted by Crippen LogP contribution is -2.49. The third-order valence-electron chi connectivity index (χ3n) is 4.61. The number of carbonyl (C=O) groups excluding carboxylic acids is 1. The number of hydrogen-bond donors (Lipinski definition) is 7. The van der Waals surface area contributed by atoms with Gasteiger partial charge in [0.2, 0.25) is 0 Å². The molecule has 2 rings (SSSR count). The van der Waals surface area contributed by atoms with Crippen molar-refractivity contribution in [3.05, 3.63) is 70.8 Å². The summed E-state index contributed by atoms with van der Waals surface area (Å²) in [4.78, 5) is 24.0. The van der Waals surface area contributed by atoms with Crippen LogP contribution in [0.5, 0.6) is 0 Å². The van der Waals surface area contributed by atoms with Gasteiger partial charge in [0.15, 0.2) is 0 Å². The Morgan fingerprint density at radius 3 is 2.07 bits per heavy atom. The Bertz CT molecular complexity index is 857. The summed E-state index contributed by atoms with van der Waals surface area (Å²) in [7, 11) is 0. The summed E-state index contributed by atoms with van der Waals surface area (Å²) in [5.74, 6) is -2.08. The Kier molecular flexibility index (Phi) is 8.46. The molecule has 2 aromatic rings. The molecule has 2 aromatic carbocycles. The van der Waals surface area contributed by atoms with E-state index in [1.807, 2.05) is 30.3 Å². The minimum absolute atomic E-state index is 0.117. The monoisotopic (exact) mass is 419 g/mol. The van der Waals surface area contributed by atoms with Crippen LogP contribution in [0.1, 0.15) is 31.8 Å². The van der Waals surface area contributed by atoms with Crippen molar-refractivity contribution in [2.75, 3.05) is 13.2 Å². The molecule has 9 nitrogen and oxygen atoms in total. The fourth-order valence-electron chi connectivity index (χ4n) is 2.88. The summed E-state index contributed by atoms with van der Waals surface area (Å²) < 4.78 is 0. The molecule has 7 N–H and O–H groups in total. The molecule has 0 spiro atoms. The maximum atomic E-state index is 12.5. The second-order valence-electron chi connectivity index (χ2n) is 6.86. The molecule has 0 bridgehead atoms. The minimum Gasteiger partial charge on any atom is -0.478 e. The van der Waals surface area contributed by atoms with E-state index < -0.39 is 49.4 Å². The molecule has 0 aliphatic heterocycles. The number of nitrogens with one attached hydrogen (secondary N) is 1. The first kappa shape index (κ1) is 23.5. The van der Waals surface area contributed by atoms with Crippen LogP contribution < -0.4 is 5.32 Å². The summed E-state index contributed by atoms with van der Waals surface area (Å²) in [6, 6.07) is 13.8. The predicted octanol–water partition coefficient (Wildman–Crippen LogP) is -0.859. The van der Waals surface area contributed by atoms with Gasteiger partial charge in [-0.3, -0.25) is 4.79 Å². The summed E-state index contributed by atoms with van der Waals surface area (Å²) in [5, 5.41) is 59.1. The Labute approximate surface area is 172 Å². The van der Waals surface area contributed by atoms with Crippen LogP contribution in [0.4, 0.5) is 0 Å². The molecule has 0 heterocycles. The van der Waals surface area contributed by atoms with Gasteiger partial charge < -0.3 is 36.0 Å². The van der Waals surface area contributed by atoms with Crippen LogP contribution in [0.25, 0.3) is 0 Å². The molecular weight excluding hydrogens is 394 g/mol. The van der Waals surface area contributed by atoms with Gasteiger partial charge in [-0.15, -0.1) is 0 Å². The Morgan fingerprint density at radius 1 is 0.833 bits per heavy atom. The van der Waals surface area contributed by atoms with E-state index in [9.17, 15) is 35.1 Å². The summed E-state index contributed by atoms with van der Waals surface area (Å²) >= 11 is 0. The minimum atomic E-state index is -1.84. The number of carboxylic acids is 1. The van der Waals surface area contributed by atoms with Crippen molar-refractivity contribution in [2.45, 2.75) is 30.8 Å². The van der Waals surface area contributed by atoms with Crippen LogP contribution in [-0.2, 0) is 6.42 Å². The molecule has 9 heteroatoms. The molecule has 0 aliphatic rings. The van der Waals surface area contributed by atoms with Gasteiger partial charge in [0.1, 0.15) is 18.3 Å². The van der Waals surface area contributed by atoms with Gasteiger partial charge in [-0.25, -0.2) is 4.79 Å². The standard InChI is InChI=1S/C21H25NO8/c23-11-17(25)19(27)18(26)16(24)10-22-20(28)15-9-13(6-7-14(15)21(29)30)8-12-4-2-1-3-5-12/h1-7,9,16-19,23-27H,8,10-11H2,(H,22,28)(H,29,30). The molecular formula is C21H25NO8. The number of carbonyl (C=O) groups is 2. The number of carboxylic acid groups (broad SMARTS) is 1. The first-order valence-electron chi connectivity index (χ1n) is 9.26. The van der Waals surface area contributed by atoms with Crippen molar-refractivity contribution in [3.63, 3.8) is 0 Å². The smallest absolute Gasteiger partial charge is 0.336 e. The molecule has 0 radical (unpaired) electrons. The lowest BCUT2D eigenvalue weighted by Gasteiger charge is -2.25. The van der Waals surface area contributed by atoms with E-state index in [1.165, 1.54) is 12.1 Å². The number of hydrogen-bond acceptors (Lipinski definition) is 7. The van der Waals surface area contributed by atoms with Crippen molar-refractivity contribution < 1.29 is 40.2 Å². The van der Waals surface area contributed by atoms with Crippen LogP contribution in [-0.4, -0.2) is 80.1 Å². The van der Waals surface area contributed by atoms with Crippen LogP contribution in [0.3, 0.4) is 0 Å². The topological polar surface area (TPSA) is 168 Å². The summed E-state index contributed by atoms with van der Waals surface area (Å²) in [6.45, 7) is -1.34. The number of rotatable bonds is 10. The number of benzene rings is 2. The number of amides is 1. The highest BCUT2D eigenvalue weighted by Gasteiger charge is 2.30. The summed E-state index contributed by atoms with van der Waals surface area (Å²) in [5.41, 5.74) is 1.34.